The van der Waals surface area contributed by atoms with E-state index in [2.05, 4.69) is 29.4 Å². The first kappa shape index (κ1) is 18.9. The average Bonchev–Trinajstić information content (AvgIpc) is 3.17. The fraction of sp³-hybridized carbons (Fsp3) is 0.316. The summed E-state index contributed by atoms with van der Waals surface area (Å²) in [6, 6.07) is 8.12. The Morgan fingerprint density at radius 3 is 2.74 bits per heavy atom. The lowest BCUT2D eigenvalue weighted by Gasteiger charge is -2.17. The van der Waals surface area contributed by atoms with Crippen molar-refractivity contribution >= 4 is 28.3 Å². The number of aryl methyl sites for hydroxylation is 1. The van der Waals surface area contributed by atoms with Gasteiger partial charge in [-0.1, -0.05) is 31.2 Å². The molecule has 8 heteroatoms. The highest BCUT2D eigenvalue weighted by atomic mass is 32.1. The highest BCUT2D eigenvalue weighted by Gasteiger charge is 2.24. The number of hydrogen-bond donors (Lipinski definition) is 1. The summed E-state index contributed by atoms with van der Waals surface area (Å²) in [6.07, 6.45) is 1.16. The van der Waals surface area contributed by atoms with Gasteiger partial charge in [0.15, 0.2) is 11.2 Å². The lowest BCUT2D eigenvalue weighted by atomic mass is 10.1. The largest absolute Gasteiger partial charge is 0.493 e. The molecule has 2 aromatic rings. The number of amides is 1. The van der Waals surface area contributed by atoms with Gasteiger partial charge < -0.3 is 14.2 Å². The van der Waals surface area contributed by atoms with E-state index in [-0.39, 0.29) is 12.4 Å². The van der Waals surface area contributed by atoms with Crippen LogP contribution in [0.5, 0.6) is 0 Å². The van der Waals surface area contributed by atoms with Crippen LogP contribution in [0.15, 0.2) is 41.7 Å². The molecule has 1 aliphatic heterocycles. The summed E-state index contributed by atoms with van der Waals surface area (Å²) in [4.78, 5) is 28.6. The molecule has 3 rings (SSSR count). The summed E-state index contributed by atoms with van der Waals surface area (Å²) >= 11 is 1.31. The van der Waals surface area contributed by atoms with E-state index >= 15 is 0 Å². The minimum atomic E-state index is -1.000. The van der Waals surface area contributed by atoms with Crippen molar-refractivity contribution in [3.05, 3.63) is 47.2 Å². The number of aromatic nitrogens is 1. The number of nitrogens with one attached hydrogen (secondary N) is 1. The second kappa shape index (κ2) is 8.68. The van der Waals surface area contributed by atoms with Crippen LogP contribution in [-0.4, -0.2) is 36.2 Å². The molecule has 2 heterocycles. The van der Waals surface area contributed by atoms with Gasteiger partial charge in [0.1, 0.15) is 19.5 Å². The van der Waals surface area contributed by atoms with Gasteiger partial charge in [0.25, 0.3) is 5.91 Å². The van der Waals surface area contributed by atoms with E-state index in [4.69, 9.17) is 14.2 Å². The lowest BCUT2D eigenvalue weighted by Crippen LogP contribution is -2.31. The summed E-state index contributed by atoms with van der Waals surface area (Å²) in [6.45, 7) is 4.22. The first-order valence-electron chi connectivity index (χ1n) is 8.58. The fourth-order valence-electron chi connectivity index (χ4n) is 2.33. The van der Waals surface area contributed by atoms with Gasteiger partial charge in [-0.05, 0) is 18.9 Å². The highest BCUT2D eigenvalue weighted by molar-refractivity contribution is 7.14. The quantitative estimate of drug-likeness (QED) is 0.765. The van der Waals surface area contributed by atoms with E-state index in [1.54, 1.807) is 0 Å². The predicted molar refractivity (Wildman–Crippen MR) is 101 cm³/mol. The van der Waals surface area contributed by atoms with Crippen molar-refractivity contribution in [2.75, 3.05) is 18.5 Å². The van der Waals surface area contributed by atoms with Crippen LogP contribution in [0.2, 0.25) is 0 Å². The molecule has 1 atom stereocenters. The number of nitrogens with zero attached hydrogens (tertiary/aromatic N) is 1. The van der Waals surface area contributed by atoms with Crippen molar-refractivity contribution < 1.29 is 23.8 Å². The Kier molecular flexibility index (Phi) is 6.08. The van der Waals surface area contributed by atoms with Crippen LogP contribution in [0.4, 0.5) is 5.13 Å². The first-order valence-corrected chi connectivity index (χ1v) is 9.46. The molecule has 0 saturated carbocycles. The number of anilines is 1. The van der Waals surface area contributed by atoms with Gasteiger partial charge in [0.05, 0.1) is 5.69 Å². The maximum absolute atomic E-state index is 12.2. The molecule has 0 unspecified atom stereocenters. The zero-order valence-electron chi connectivity index (χ0n) is 15.1. The summed E-state index contributed by atoms with van der Waals surface area (Å²) in [5.74, 6) is -1.26. The molecule has 0 fully saturated rings. The molecule has 0 bridgehead atoms. The summed E-state index contributed by atoms with van der Waals surface area (Å²) in [5, 5.41) is 4.97. The van der Waals surface area contributed by atoms with E-state index < -0.39 is 18.0 Å². The molecule has 1 aromatic carbocycles. The Morgan fingerprint density at radius 1 is 1.30 bits per heavy atom. The molecule has 7 nitrogen and oxygen atoms in total. The predicted octanol–water partition coefficient (Wildman–Crippen LogP) is 3.13. The second-order valence-electron chi connectivity index (χ2n) is 5.83. The van der Waals surface area contributed by atoms with Gasteiger partial charge in [0, 0.05) is 10.9 Å². The van der Waals surface area contributed by atoms with Crippen molar-refractivity contribution in [2.45, 2.75) is 26.4 Å². The number of benzene rings is 1. The molecule has 1 N–H and O–H groups in total. The molecule has 1 amide bonds. The van der Waals surface area contributed by atoms with Gasteiger partial charge in [-0.15, -0.1) is 11.3 Å². The van der Waals surface area contributed by atoms with Crippen LogP contribution in [0, 0.1) is 0 Å². The molecular weight excluding hydrogens is 368 g/mol. The van der Waals surface area contributed by atoms with Gasteiger partial charge >= 0.3 is 5.97 Å². The molecule has 27 heavy (non-hydrogen) atoms. The van der Waals surface area contributed by atoms with E-state index in [1.807, 2.05) is 17.5 Å². The van der Waals surface area contributed by atoms with Gasteiger partial charge in [-0.3, -0.25) is 10.1 Å². The summed E-state index contributed by atoms with van der Waals surface area (Å²) < 4.78 is 15.2. The number of carbonyl (C=O) groups is 2. The van der Waals surface area contributed by atoms with Crippen molar-refractivity contribution in [2.24, 2.45) is 0 Å². The van der Waals surface area contributed by atoms with Crippen LogP contribution >= 0.6 is 11.3 Å². The molecule has 0 saturated heterocycles. The maximum Gasteiger partial charge on any atom is 0.377 e. The molecule has 1 aliphatic rings. The standard InChI is InChI=1S/C19H20N2O5S/c1-3-13-4-6-14(7-5-13)15-11-27-19(20-15)21-17(22)12(2)26-18(23)16-10-24-8-9-25-16/h4-7,10-12H,3,8-9H2,1-2H3,(H,20,21,22)/t12-/m0/s1. The number of esters is 1. The third-order valence-electron chi connectivity index (χ3n) is 3.90. The van der Waals surface area contributed by atoms with Crippen molar-refractivity contribution in [3.63, 3.8) is 0 Å². The topological polar surface area (TPSA) is 86.8 Å². The van der Waals surface area contributed by atoms with Crippen molar-refractivity contribution in [1.29, 1.82) is 0 Å². The van der Waals surface area contributed by atoms with Gasteiger partial charge in [-0.25, -0.2) is 9.78 Å². The normalized spacial score (nSPS) is 14.4. The molecule has 0 aliphatic carbocycles. The van der Waals surface area contributed by atoms with Crippen LogP contribution in [0.1, 0.15) is 19.4 Å². The van der Waals surface area contributed by atoms with Gasteiger partial charge in [-0.2, -0.15) is 0 Å². The molecule has 0 spiro atoms. The SMILES string of the molecule is CCc1ccc(-c2csc(NC(=O)[C@H](C)OC(=O)C3=COCCO3)n2)cc1. The van der Waals surface area contributed by atoms with Crippen LogP contribution in [0.3, 0.4) is 0 Å². The average molecular weight is 388 g/mol. The zero-order valence-corrected chi connectivity index (χ0v) is 15.9. The Hall–Kier alpha value is -2.87. The third kappa shape index (κ3) is 4.85. The molecule has 142 valence electrons. The zero-order chi connectivity index (χ0) is 19.2. The van der Waals surface area contributed by atoms with Crippen LogP contribution in [0.25, 0.3) is 11.3 Å². The van der Waals surface area contributed by atoms with E-state index in [1.165, 1.54) is 30.1 Å². The number of ether oxygens (including phenoxy) is 3. The maximum atomic E-state index is 12.2. The monoisotopic (exact) mass is 388 g/mol. The lowest BCUT2D eigenvalue weighted by molar-refractivity contribution is -0.153. The fourth-order valence-corrected chi connectivity index (χ4v) is 3.05. The van der Waals surface area contributed by atoms with E-state index in [0.717, 1.165) is 17.7 Å². The Balaban J connectivity index is 1.58. The first-order chi connectivity index (χ1) is 13.1. The molecule has 0 radical (unpaired) electrons. The smallest absolute Gasteiger partial charge is 0.377 e. The number of thiazole rings is 1. The van der Waals surface area contributed by atoms with Crippen molar-refractivity contribution in [1.82, 2.24) is 4.98 Å². The summed E-state index contributed by atoms with van der Waals surface area (Å²) in [7, 11) is 0. The number of hydrogen-bond acceptors (Lipinski definition) is 7. The van der Waals surface area contributed by atoms with Crippen LogP contribution < -0.4 is 5.32 Å². The van der Waals surface area contributed by atoms with E-state index in [0.29, 0.717) is 11.7 Å². The van der Waals surface area contributed by atoms with Crippen LogP contribution in [-0.2, 0) is 30.2 Å². The van der Waals surface area contributed by atoms with E-state index in [9.17, 15) is 9.59 Å². The molecular formula is C19H20N2O5S. The number of carbonyl (C=O) groups excluding carboxylic acids is 2. The minimum Gasteiger partial charge on any atom is -0.493 e. The summed E-state index contributed by atoms with van der Waals surface area (Å²) in [5.41, 5.74) is 3.01. The second-order valence-corrected chi connectivity index (χ2v) is 6.68. The highest BCUT2D eigenvalue weighted by Crippen LogP contribution is 2.25. The number of rotatable bonds is 6. The van der Waals surface area contributed by atoms with Gasteiger partial charge in [0.2, 0.25) is 5.76 Å². The minimum absolute atomic E-state index is 0.0482. The Bertz CT molecular complexity index is 844. The molecule has 1 aromatic heterocycles. The van der Waals surface area contributed by atoms with Crippen molar-refractivity contribution in [3.8, 4) is 11.3 Å². The third-order valence-corrected chi connectivity index (χ3v) is 4.65. The Morgan fingerprint density at radius 2 is 2.07 bits per heavy atom. The Labute approximate surface area is 161 Å².